The largest absolute Gasteiger partial charge is 0.394 e. The molecule has 0 heterocycles. The van der Waals surface area contributed by atoms with E-state index in [1.54, 1.807) is 0 Å². The fourth-order valence-electron chi connectivity index (χ4n) is 9.76. The standard InChI is InChI=1S/C54H108O6/c1-5-9-13-17-21-25-29-33-37-41-45-50(56)52(58,46-42-38-34-30-26-22-18-14-10-6-2)54(60,48-44-40-36-32-28-24-20-16-12-8-4)53(59,51(57)49-55)47-43-39-35-31-27-23-19-15-11-7-3/h51,55,57-60H,5-49H2,1-4H3/t51-,52+,53+,54-/m1/s1. The molecule has 0 aromatic heterocycles. The summed E-state index contributed by atoms with van der Waals surface area (Å²) in [6.07, 6.45) is 43.0. The molecule has 0 radical (unpaired) electrons. The Labute approximate surface area is 374 Å². The molecule has 0 rings (SSSR count). The van der Waals surface area contributed by atoms with Crippen LogP contribution in [0.25, 0.3) is 0 Å². The van der Waals surface area contributed by atoms with Crippen LogP contribution in [0, 0.1) is 0 Å². The van der Waals surface area contributed by atoms with E-state index in [1.165, 1.54) is 154 Å². The minimum atomic E-state index is -2.28. The second-order valence-electron chi connectivity index (χ2n) is 19.5. The van der Waals surface area contributed by atoms with Crippen molar-refractivity contribution in [2.24, 2.45) is 0 Å². The molecule has 0 aliphatic heterocycles. The SMILES string of the molecule is CCCCCCCCCCCCC(=O)[C@@](O)(CCCCCCCCCCCC)[C@](O)(CCCCCCCCCCCC)[C@](O)(CCCCCCCCCCCC)[C@H](O)CO. The maximum atomic E-state index is 14.6. The quantitative estimate of drug-likeness (QED) is 0.0389. The van der Waals surface area contributed by atoms with E-state index in [2.05, 4.69) is 27.7 Å². The molecular formula is C54H108O6. The van der Waals surface area contributed by atoms with E-state index in [-0.39, 0.29) is 25.7 Å². The van der Waals surface area contributed by atoms with Crippen LogP contribution >= 0.6 is 0 Å². The third kappa shape index (κ3) is 26.9. The molecule has 360 valence electrons. The van der Waals surface area contributed by atoms with Crippen LogP contribution in [0.1, 0.15) is 310 Å². The highest BCUT2D eigenvalue weighted by molar-refractivity contribution is 5.89. The van der Waals surface area contributed by atoms with E-state index in [1.807, 2.05) is 0 Å². The molecule has 0 aliphatic carbocycles. The zero-order chi connectivity index (χ0) is 44.5. The van der Waals surface area contributed by atoms with Gasteiger partial charge in [0.2, 0.25) is 0 Å². The summed E-state index contributed by atoms with van der Waals surface area (Å²) in [5.41, 5.74) is -6.71. The van der Waals surface area contributed by atoms with Gasteiger partial charge in [0.15, 0.2) is 11.4 Å². The average molecular weight is 853 g/mol. The summed E-state index contributed by atoms with van der Waals surface area (Å²) in [5.74, 6) is -0.404. The van der Waals surface area contributed by atoms with E-state index in [9.17, 15) is 30.3 Å². The Bertz CT molecular complexity index is 913. The minimum absolute atomic E-state index is 0.0207. The maximum absolute atomic E-state index is 14.6. The summed E-state index contributed by atoms with van der Waals surface area (Å²) in [4.78, 5) is 14.6. The minimum Gasteiger partial charge on any atom is -0.394 e. The molecular weight excluding hydrogens is 745 g/mol. The van der Waals surface area contributed by atoms with Gasteiger partial charge in [0.25, 0.3) is 0 Å². The topological polar surface area (TPSA) is 118 Å². The summed E-state index contributed by atoms with van der Waals surface area (Å²) in [7, 11) is 0. The second-order valence-corrected chi connectivity index (χ2v) is 19.5. The molecule has 0 bridgehead atoms. The van der Waals surface area contributed by atoms with Crippen molar-refractivity contribution in [2.75, 3.05) is 6.61 Å². The van der Waals surface area contributed by atoms with Crippen molar-refractivity contribution in [3.63, 3.8) is 0 Å². The van der Waals surface area contributed by atoms with Crippen LogP contribution in [0.2, 0.25) is 0 Å². The lowest BCUT2D eigenvalue weighted by Gasteiger charge is -2.54. The van der Waals surface area contributed by atoms with Gasteiger partial charge >= 0.3 is 0 Å². The molecule has 5 N–H and O–H groups in total. The second kappa shape index (κ2) is 41.2. The zero-order valence-electron chi connectivity index (χ0n) is 41.0. The van der Waals surface area contributed by atoms with Crippen LogP contribution in [0.3, 0.4) is 0 Å². The molecule has 60 heavy (non-hydrogen) atoms. The number of ketones is 1. The molecule has 0 fully saturated rings. The number of hydrogen-bond acceptors (Lipinski definition) is 6. The molecule has 0 saturated carbocycles. The zero-order valence-corrected chi connectivity index (χ0v) is 41.0. The average Bonchev–Trinajstić information content (AvgIpc) is 3.25. The first-order chi connectivity index (χ1) is 29.1. The van der Waals surface area contributed by atoms with Gasteiger partial charge in [-0.1, -0.05) is 278 Å². The Kier molecular flexibility index (Phi) is 40.8. The Balaban J connectivity index is 6.09. The van der Waals surface area contributed by atoms with Gasteiger partial charge in [-0.05, 0) is 25.7 Å². The number of rotatable bonds is 49. The number of aliphatic hydroxyl groups excluding tert-OH is 2. The summed E-state index contributed by atoms with van der Waals surface area (Å²) in [5, 5.41) is 60.6. The van der Waals surface area contributed by atoms with Gasteiger partial charge in [-0.2, -0.15) is 0 Å². The Morgan fingerprint density at radius 1 is 0.367 bits per heavy atom. The summed E-state index contributed by atoms with van der Waals surface area (Å²) in [6.45, 7) is 8.22. The Hall–Kier alpha value is -0.530. The predicted octanol–water partition coefficient (Wildman–Crippen LogP) is 15.3. The molecule has 0 aromatic rings. The highest BCUT2D eigenvalue weighted by Gasteiger charge is 2.65. The van der Waals surface area contributed by atoms with Gasteiger partial charge in [0, 0.05) is 6.42 Å². The summed E-state index contributed by atoms with van der Waals surface area (Å²) < 4.78 is 0. The van der Waals surface area contributed by atoms with Gasteiger partial charge in [0.05, 0.1) is 6.61 Å². The Morgan fingerprint density at radius 3 is 0.917 bits per heavy atom. The van der Waals surface area contributed by atoms with Crippen molar-refractivity contribution in [3.8, 4) is 0 Å². The Morgan fingerprint density at radius 2 is 0.617 bits per heavy atom. The fraction of sp³-hybridized carbons (Fsp3) is 0.981. The first-order valence-electron chi connectivity index (χ1n) is 27.1. The molecule has 0 aliphatic rings. The third-order valence-corrected chi connectivity index (χ3v) is 14.0. The van der Waals surface area contributed by atoms with Crippen molar-refractivity contribution >= 4 is 5.78 Å². The van der Waals surface area contributed by atoms with E-state index in [4.69, 9.17) is 0 Å². The van der Waals surface area contributed by atoms with Gasteiger partial charge in [0.1, 0.15) is 17.3 Å². The van der Waals surface area contributed by atoms with Gasteiger partial charge in [-0.15, -0.1) is 0 Å². The van der Waals surface area contributed by atoms with E-state index in [0.29, 0.717) is 25.7 Å². The van der Waals surface area contributed by atoms with Crippen molar-refractivity contribution < 1.29 is 30.3 Å². The molecule has 0 unspecified atom stereocenters. The number of hydrogen-bond donors (Lipinski definition) is 5. The first kappa shape index (κ1) is 59.5. The molecule has 6 heteroatoms. The summed E-state index contributed by atoms with van der Waals surface area (Å²) in [6, 6.07) is 0. The lowest BCUT2D eigenvalue weighted by atomic mass is 9.60. The van der Waals surface area contributed by atoms with Crippen LogP contribution in [0.4, 0.5) is 0 Å². The lowest BCUT2D eigenvalue weighted by Crippen LogP contribution is -2.74. The predicted molar refractivity (Wildman–Crippen MR) is 259 cm³/mol. The van der Waals surface area contributed by atoms with Crippen LogP contribution in [-0.2, 0) is 4.79 Å². The van der Waals surface area contributed by atoms with E-state index in [0.717, 1.165) is 77.0 Å². The van der Waals surface area contributed by atoms with Gasteiger partial charge < -0.3 is 25.5 Å². The van der Waals surface area contributed by atoms with Crippen LogP contribution in [0.5, 0.6) is 0 Å². The van der Waals surface area contributed by atoms with Crippen molar-refractivity contribution in [3.05, 3.63) is 0 Å². The lowest BCUT2D eigenvalue weighted by molar-refractivity contribution is -0.277. The monoisotopic (exact) mass is 853 g/mol. The van der Waals surface area contributed by atoms with Crippen LogP contribution < -0.4 is 0 Å². The van der Waals surface area contributed by atoms with Crippen LogP contribution in [0.15, 0.2) is 0 Å². The van der Waals surface area contributed by atoms with Gasteiger partial charge in [-0.3, -0.25) is 4.79 Å². The van der Waals surface area contributed by atoms with Crippen molar-refractivity contribution in [1.29, 1.82) is 0 Å². The smallest absolute Gasteiger partial charge is 0.167 e. The molecule has 0 amide bonds. The highest BCUT2D eigenvalue weighted by atomic mass is 16.4. The normalized spacial score (nSPS) is 15.5. The van der Waals surface area contributed by atoms with Crippen LogP contribution in [-0.4, -0.2) is 60.8 Å². The summed E-state index contributed by atoms with van der Waals surface area (Å²) >= 11 is 0. The highest BCUT2D eigenvalue weighted by Crippen LogP contribution is 2.46. The molecule has 0 aromatic carbocycles. The maximum Gasteiger partial charge on any atom is 0.167 e. The number of Topliss-reactive ketones (excluding diaryl/α,β-unsaturated/α-hetero) is 1. The first-order valence-corrected chi connectivity index (χ1v) is 27.1. The molecule has 0 saturated heterocycles. The number of unbranched alkanes of at least 4 members (excludes halogenated alkanes) is 36. The van der Waals surface area contributed by atoms with Gasteiger partial charge in [-0.25, -0.2) is 0 Å². The third-order valence-electron chi connectivity index (χ3n) is 14.0. The number of aliphatic hydroxyl groups is 5. The molecule has 0 spiro atoms. The number of carbonyl (C=O) groups excluding carboxylic acids is 1. The van der Waals surface area contributed by atoms with E-state index >= 15 is 0 Å². The van der Waals surface area contributed by atoms with Crippen molar-refractivity contribution in [2.45, 2.75) is 333 Å². The molecule has 4 atom stereocenters. The fourth-order valence-corrected chi connectivity index (χ4v) is 9.76. The molecule has 6 nitrogen and oxygen atoms in total. The number of carbonyl (C=O) groups is 1. The van der Waals surface area contributed by atoms with Crippen molar-refractivity contribution in [1.82, 2.24) is 0 Å². The van der Waals surface area contributed by atoms with E-state index < -0.39 is 35.3 Å².